The fraction of sp³-hybridized carbons (Fsp3) is 0.714. The van der Waals surface area contributed by atoms with Gasteiger partial charge in [0.2, 0.25) is 0 Å². The highest BCUT2D eigenvalue weighted by Gasteiger charge is 2.41. The Morgan fingerprint density at radius 1 is 1.21 bits per heavy atom. The molecule has 104 valence electrons. The molecule has 2 aliphatic rings. The molecule has 5 heteroatoms. The molecule has 19 heavy (non-hydrogen) atoms. The van der Waals surface area contributed by atoms with E-state index in [9.17, 15) is 0 Å². The largest absolute Gasteiger partial charge is 0.377 e. The molecule has 0 radical (unpaired) electrons. The van der Waals surface area contributed by atoms with E-state index < -0.39 is 0 Å². The van der Waals surface area contributed by atoms with Crippen molar-refractivity contribution in [3.8, 4) is 0 Å². The monoisotopic (exact) mass is 262 g/mol. The molecule has 0 aliphatic heterocycles. The third-order valence-electron chi connectivity index (χ3n) is 3.88. The summed E-state index contributed by atoms with van der Waals surface area (Å²) >= 11 is 0. The highest BCUT2D eigenvalue weighted by atomic mass is 16.5. The van der Waals surface area contributed by atoms with E-state index >= 15 is 0 Å². The van der Waals surface area contributed by atoms with Gasteiger partial charge in [-0.15, -0.1) is 0 Å². The molecule has 0 unspecified atom stereocenters. The topological polar surface area (TPSA) is 59.1 Å². The quantitative estimate of drug-likeness (QED) is 0.789. The van der Waals surface area contributed by atoms with Crippen LogP contribution in [0.3, 0.4) is 0 Å². The molecule has 2 N–H and O–H groups in total. The van der Waals surface area contributed by atoms with Crippen molar-refractivity contribution in [2.24, 2.45) is 11.8 Å². The maximum atomic E-state index is 5.13. The zero-order chi connectivity index (χ0) is 13.2. The average Bonchev–Trinajstić information content (AvgIpc) is 3.29. The predicted octanol–water partition coefficient (Wildman–Crippen LogP) is 2.27. The average molecular weight is 262 g/mol. The lowest BCUT2D eigenvalue weighted by Crippen LogP contribution is -2.25. The van der Waals surface area contributed by atoms with Crippen LogP contribution in [0.5, 0.6) is 0 Å². The normalized spacial score (nSPS) is 18.7. The van der Waals surface area contributed by atoms with Crippen LogP contribution in [0.2, 0.25) is 0 Å². The van der Waals surface area contributed by atoms with Crippen molar-refractivity contribution in [3.05, 3.63) is 11.9 Å². The van der Waals surface area contributed by atoms with E-state index in [1.165, 1.54) is 25.7 Å². The Morgan fingerprint density at radius 2 is 1.84 bits per heavy atom. The van der Waals surface area contributed by atoms with Gasteiger partial charge in [-0.05, 0) is 37.5 Å². The summed E-state index contributed by atoms with van der Waals surface area (Å²) in [5.74, 6) is 4.20. The van der Waals surface area contributed by atoms with Crippen molar-refractivity contribution in [3.63, 3.8) is 0 Å². The van der Waals surface area contributed by atoms with Crippen molar-refractivity contribution in [2.45, 2.75) is 38.3 Å². The number of hydrogen-bond donors (Lipinski definition) is 2. The number of methoxy groups -OCH3 is 1. The Bertz CT molecular complexity index is 431. The van der Waals surface area contributed by atoms with Crippen LogP contribution < -0.4 is 10.6 Å². The molecular weight excluding hydrogens is 240 g/mol. The van der Waals surface area contributed by atoms with Crippen LogP contribution in [-0.2, 0) is 11.3 Å². The molecule has 2 fully saturated rings. The lowest BCUT2D eigenvalue weighted by Gasteiger charge is -2.19. The van der Waals surface area contributed by atoms with Crippen LogP contribution in [0.25, 0.3) is 0 Å². The zero-order valence-electron chi connectivity index (χ0n) is 11.6. The van der Waals surface area contributed by atoms with Crippen LogP contribution in [0.1, 0.15) is 31.5 Å². The molecule has 0 bridgehead atoms. The first-order valence-electron chi connectivity index (χ1n) is 7.11. The maximum Gasteiger partial charge on any atom is 0.158 e. The van der Waals surface area contributed by atoms with E-state index in [0.29, 0.717) is 12.6 Å². The molecule has 1 heterocycles. The predicted molar refractivity (Wildman–Crippen MR) is 75.2 cm³/mol. The first kappa shape index (κ1) is 12.7. The van der Waals surface area contributed by atoms with Crippen LogP contribution in [-0.4, -0.2) is 30.2 Å². The third kappa shape index (κ3) is 3.15. The number of nitrogens with zero attached hydrogens (tertiary/aromatic N) is 2. The number of hydrogen-bond acceptors (Lipinski definition) is 5. The molecule has 0 aromatic carbocycles. The minimum atomic E-state index is 0.446. The van der Waals surface area contributed by atoms with Gasteiger partial charge in [-0.2, -0.15) is 0 Å². The van der Waals surface area contributed by atoms with Gasteiger partial charge in [-0.25, -0.2) is 9.97 Å². The molecule has 0 amide bonds. The fourth-order valence-corrected chi connectivity index (χ4v) is 2.59. The summed E-state index contributed by atoms with van der Waals surface area (Å²) < 4.78 is 5.13. The van der Waals surface area contributed by atoms with Crippen molar-refractivity contribution < 1.29 is 4.74 Å². The van der Waals surface area contributed by atoms with E-state index in [4.69, 9.17) is 4.74 Å². The van der Waals surface area contributed by atoms with Crippen LogP contribution >= 0.6 is 0 Å². The summed E-state index contributed by atoms with van der Waals surface area (Å²) in [5, 5.41) is 6.71. The van der Waals surface area contributed by atoms with E-state index in [2.05, 4.69) is 20.6 Å². The molecular formula is C14H22N4O. The number of aromatic nitrogens is 2. The molecule has 1 aromatic rings. The van der Waals surface area contributed by atoms with Gasteiger partial charge in [0.05, 0.1) is 0 Å². The smallest absolute Gasteiger partial charge is 0.158 e. The van der Waals surface area contributed by atoms with Crippen molar-refractivity contribution in [1.29, 1.82) is 0 Å². The van der Waals surface area contributed by atoms with Crippen LogP contribution in [0, 0.1) is 11.8 Å². The van der Waals surface area contributed by atoms with E-state index in [1.807, 2.05) is 13.1 Å². The number of nitrogens with one attached hydrogen (secondary N) is 2. The Morgan fingerprint density at radius 3 is 2.37 bits per heavy atom. The molecule has 5 nitrogen and oxygen atoms in total. The van der Waals surface area contributed by atoms with Crippen molar-refractivity contribution >= 4 is 11.6 Å². The summed E-state index contributed by atoms with van der Waals surface area (Å²) in [6, 6.07) is 2.59. The van der Waals surface area contributed by atoms with Gasteiger partial charge in [0.1, 0.15) is 18.2 Å². The summed E-state index contributed by atoms with van der Waals surface area (Å²) in [5.41, 5.74) is 0. The Labute approximate surface area is 114 Å². The highest BCUT2D eigenvalue weighted by Crippen LogP contribution is 2.45. The minimum absolute atomic E-state index is 0.446. The minimum Gasteiger partial charge on any atom is -0.377 e. The van der Waals surface area contributed by atoms with Gasteiger partial charge < -0.3 is 15.4 Å². The lowest BCUT2D eigenvalue weighted by molar-refractivity contribution is 0.178. The van der Waals surface area contributed by atoms with E-state index in [-0.39, 0.29) is 0 Å². The van der Waals surface area contributed by atoms with Crippen LogP contribution in [0.4, 0.5) is 11.6 Å². The van der Waals surface area contributed by atoms with E-state index in [1.54, 1.807) is 7.11 Å². The molecule has 1 aromatic heterocycles. The second-order valence-electron chi connectivity index (χ2n) is 5.58. The third-order valence-corrected chi connectivity index (χ3v) is 3.88. The van der Waals surface area contributed by atoms with Gasteiger partial charge >= 0.3 is 0 Å². The Hall–Kier alpha value is -1.36. The number of ether oxygens (including phenoxy) is 1. The summed E-state index contributed by atoms with van der Waals surface area (Å²) in [6.07, 6.45) is 5.46. The lowest BCUT2D eigenvalue weighted by atomic mass is 10.1. The summed E-state index contributed by atoms with van der Waals surface area (Å²) in [4.78, 5) is 8.93. The van der Waals surface area contributed by atoms with Gasteiger partial charge in [-0.3, -0.25) is 0 Å². The Balaban J connectivity index is 1.75. The second kappa shape index (κ2) is 5.33. The molecule has 2 aliphatic carbocycles. The summed E-state index contributed by atoms with van der Waals surface area (Å²) in [6.45, 7) is 0.446. The van der Waals surface area contributed by atoms with Gasteiger partial charge in [-0.1, -0.05) is 0 Å². The zero-order valence-corrected chi connectivity index (χ0v) is 11.6. The fourth-order valence-electron chi connectivity index (χ4n) is 2.59. The first-order valence-corrected chi connectivity index (χ1v) is 7.11. The molecule has 0 spiro atoms. The highest BCUT2D eigenvalue weighted by molar-refractivity contribution is 5.48. The number of anilines is 2. The molecule has 0 atom stereocenters. The molecule has 3 rings (SSSR count). The molecule has 2 saturated carbocycles. The van der Waals surface area contributed by atoms with Crippen molar-refractivity contribution in [1.82, 2.24) is 9.97 Å². The summed E-state index contributed by atoms with van der Waals surface area (Å²) in [7, 11) is 3.54. The van der Waals surface area contributed by atoms with Crippen LogP contribution in [0.15, 0.2) is 6.07 Å². The molecule has 0 saturated heterocycles. The van der Waals surface area contributed by atoms with E-state index in [0.717, 1.165) is 29.3 Å². The SMILES string of the molecule is CNc1cc(NC(C2CC2)C2CC2)nc(COC)n1. The van der Waals surface area contributed by atoms with Gasteiger partial charge in [0, 0.05) is 26.3 Å². The van der Waals surface area contributed by atoms with Gasteiger partial charge in [0.15, 0.2) is 5.82 Å². The van der Waals surface area contributed by atoms with Gasteiger partial charge in [0.25, 0.3) is 0 Å². The number of rotatable bonds is 7. The van der Waals surface area contributed by atoms with Crippen molar-refractivity contribution in [2.75, 3.05) is 24.8 Å². The maximum absolute atomic E-state index is 5.13. The first-order chi connectivity index (χ1) is 9.30. The standard InChI is InChI=1S/C14H22N4O/c1-15-11-7-12(17-13(16-11)8-19-2)18-14(9-3-4-9)10-5-6-10/h7,9-10,14H,3-6,8H2,1-2H3,(H2,15,16,17,18). The second-order valence-corrected chi connectivity index (χ2v) is 5.58. The Kier molecular flexibility index (Phi) is 3.55.